The molecule has 2 amide bonds. The maximum absolute atomic E-state index is 13.1. The molecule has 2 aromatic carbocycles. The molecule has 0 radical (unpaired) electrons. The summed E-state index contributed by atoms with van der Waals surface area (Å²) < 4.78 is 13.1. The lowest BCUT2D eigenvalue weighted by atomic mass is 10.1. The normalized spacial score (nSPS) is 25.8. The minimum atomic E-state index is -0.377. The lowest BCUT2D eigenvalue weighted by Gasteiger charge is -2.32. The van der Waals surface area contributed by atoms with Crippen molar-refractivity contribution in [1.29, 1.82) is 0 Å². The lowest BCUT2D eigenvalue weighted by molar-refractivity contribution is -1.02. The van der Waals surface area contributed by atoms with Gasteiger partial charge in [-0.05, 0) is 24.3 Å². The zero-order valence-corrected chi connectivity index (χ0v) is 15.2. The molecule has 0 aromatic heterocycles. The molecule has 6 heteroatoms. The molecule has 2 aliphatic heterocycles. The highest BCUT2D eigenvalue weighted by molar-refractivity contribution is 6.21. The summed E-state index contributed by atoms with van der Waals surface area (Å²) in [5.74, 6) is -0.728. The molecule has 2 aliphatic rings. The molecule has 5 nitrogen and oxygen atoms in total. The Morgan fingerprint density at radius 1 is 0.926 bits per heavy atom. The van der Waals surface area contributed by atoms with E-state index in [-0.39, 0.29) is 30.1 Å². The van der Waals surface area contributed by atoms with Gasteiger partial charge in [-0.2, -0.15) is 0 Å². The second kappa shape index (κ2) is 7.58. The summed E-state index contributed by atoms with van der Waals surface area (Å²) in [6, 6.07) is 15.7. The summed E-state index contributed by atoms with van der Waals surface area (Å²) in [6.07, 6.45) is 0.236. The zero-order valence-electron chi connectivity index (χ0n) is 15.2. The van der Waals surface area contributed by atoms with Crippen molar-refractivity contribution < 1.29 is 23.8 Å². The number of rotatable bonds is 4. The molecule has 4 rings (SSSR count). The third-order valence-corrected chi connectivity index (χ3v) is 5.62. The number of nitrogens with zero attached hydrogens (tertiary/aromatic N) is 1. The number of imide groups is 1. The molecular formula is C21H24FN3O2+2. The maximum atomic E-state index is 13.1. The highest BCUT2D eigenvalue weighted by Crippen LogP contribution is 2.22. The Morgan fingerprint density at radius 2 is 1.59 bits per heavy atom. The summed E-state index contributed by atoms with van der Waals surface area (Å²) in [5, 5.41) is 0. The number of halogens is 1. The SMILES string of the molecule is O=C1C[C@@H]([NH+]2CC[NH+](Cc3ccccc3)CC2)C(=O)N1c1ccc(F)cc1. The fourth-order valence-corrected chi connectivity index (χ4v) is 4.15. The van der Waals surface area contributed by atoms with E-state index in [2.05, 4.69) is 24.3 Å². The minimum absolute atomic E-state index is 0.159. The molecule has 2 aromatic rings. The van der Waals surface area contributed by atoms with Gasteiger partial charge in [0.25, 0.3) is 5.91 Å². The van der Waals surface area contributed by atoms with E-state index in [9.17, 15) is 14.0 Å². The Morgan fingerprint density at radius 3 is 2.26 bits per heavy atom. The number of hydrogen-bond donors (Lipinski definition) is 2. The van der Waals surface area contributed by atoms with E-state index in [1.807, 2.05) is 6.07 Å². The monoisotopic (exact) mass is 369 g/mol. The van der Waals surface area contributed by atoms with Gasteiger partial charge >= 0.3 is 0 Å². The van der Waals surface area contributed by atoms with Crippen molar-refractivity contribution in [1.82, 2.24) is 0 Å². The van der Waals surface area contributed by atoms with Crippen LogP contribution < -0.4 is 14.7 Å². The fraction of sp³-hybridized carbons (Fsp3) is 0.333. The number of amides is 2. The Kier molecular flexibility index (Phi) is 5.01. The molecule has 2 N–H and O–H groups in total. The van der Waals surface area contributed by atoms with Crippen LogP contribution in [0.3, 0.4) is 0 Å². The summed E-state index contributed by atoms with van der Waals surface area (Å²) in [5.41, 5.74) is 1.78. The third-order valence-electron chi connectivity index (χ3n) is 5.62. The van der Waals surface area contributed by atoms with Crippen LogP contribution in [0.15, 0.2) is 54.6 Å². The molecule has 140 valence electrons. The Labute approximate surface area is 158 Å². The van der Waals surface area contributed by atoms with Gasteiger partial charge in [0.15, 0.2) is 6.04 Å². The van der Waals surface area contributed by atoms with Crippen LogP contribution in [0.25, 0.3) is 0 Å². The van der Waals surface area contributed by atoms with Gasteiger partial charge in [0, 0.05) is 5.56 Å². The number of carbonyl (C=O) groups is 2. The second-order valence-electron chi connectivity index (χ2n) is 7.37. The minimum Gasteiger partial charge on any atom is -0.322 e. The first-order chi connectivity index (χ1) is 13.1. The molecule has 2 heterocycles. The van der Waals surface area contributed by atoms with Crippen molar-refractivity contribution in [3.05, 3.63) is 66.0 Å². The maximum Gasteiger partial charge on any atom is 0.292 e. The van der Waals surface area contributed by atoms with E-state index >= 15 is 0 Å². The van der Waals surface area contributed by atoms with Crippen LogP contribution in [-0.4, -0.2) is 44.0 Å². The number of piperazine rings is 1. The standard InChI is InChI=1S/C21H22FN3O2/c22-17-6-8-18(9-7-17)25-20(26)14-19(21(25)27)24-12-10-23(11-13-24)15-16-4-2-1-3-5-16/h1-9,19H,10-15H2/p+2/t19-/m1/s1. The average molecular weight is 369 g/mol. The molecule has 0 saturated carbocycles. The molecule has 2 saturated heterocycles. The first-order valence-corrected chi connectivity index (χ1v) is 9.46. The number of anilines is 1. The Bertz CT molecular complexity index is 817. The van der Waals surface area contributed by atoms with Gasteiger partial charge in [0.05, 0.1) is 12.1 Å². The summed E-state index contributed by atoms with van der Waals surface area (Å²) in [4.78, 5) is 29.2. The lowest BCUT2D eigenvalue weighted by Crippen LogP contribution is -3.29. The molecule has 0 bridgehead atoms. The third kappa shape index (κ3) is 3.77. The van der Waals surface area contributed by atoms with Crippen LogP contribution in [-0.2, 0) is 16.1 Å². The molecule has 2 fully saturated rings. The van der Waals surface area contributed by atoms with Crippen molar-refractivity contribution >= 4 is 17.5 Å². The van der Waals surface area contributed by atoms with Gasteiger partial charge < -0.3 is 9.80 Å². The first-order valence-electron chi connectivity index (χ1n) is 9.46. The number of hydrogen-bond acceptors (Lipinski definition) is 2. The van der Waals surface area contributed by atoms with Crippen LogP contribution in [0.1, 0.15) is 12.0 Å². The summed E-state index contributed by atoms with van der Waals surface area (Å²) >= 11 is 0. The topological polar surface area (TPSA) is 46.3 Å². The van der Waals surface area contributed by atoms with Crippen LogP contribution in [0.2, 0.25) is 0 Å². The van der Waals surface area contributed by atoms with Crippen LogP contribution >= 0.6 is 0 Å². The average Bonchev–Trinajstić information content (AvgIpc) is 2.98. The second-order valence-corrected chi connectivity index (χ2v) is 7.37. The highest BCUT2D eigenvalue weighted by atomic mass is 19.1. The van der Waals surface area contributed by atoms with Gasteiger partial charge in [-0.25, -0.2) is 9.29 Å². The number of carbonyl (C=O) groups excluding carboxylic acids is 2. The highest BCUT2D eigenvalue weighted by Gasteiger charge is 2.46. The predicted molar refractivity (Wildman–Crippen MR) is 98.8 cm³/mol. The fourth-order valence-electron chi connectivity index (χ4n) is 4.15. The number of quaternary nitrogens is 2. The molecule has 1 atom stereocenters. The summed E-state index contributed by atoms with van der Waals surface area (Å²) in [7, 11) is 0. The van der Waals surface area contributed by atoms with E-state index < -0.39 is 0 Å². The van der Waals surface area contributed by atoms with Gasteiger partial charge in [0.1, 0.15) is 38.5 Å². The van der Waals surface area contributed by atoms with Gasteiger partial charge in [-0.1, -0.05) is 30.3 Å². The quantitative estimate of drug-likeness (QED) is 0.710. The van der Waals surface area contributed by atoms with Crippen LogP contribution in [0, 0.1) is 5.82 Å². The predicted octanol–water partition coefficient (Wildman–Crippen LogP) is -0.559. The van der Waals surface area contributed by atoms with E-state index in [1.54, 1.807) is 0 Å². The Hall–Kier alpha value is -2.57. The van der Waals surface area contributed by atoms with E-state index in [4.69, 9.17) is 0 Å². The van der Waals surface area contributed by atoms with Crippen LogP contribution in [0.4, 0.5) is 10.1 Å². The van der Waals surface area contributed by atoms with Crippen molar-refractivity contribution in [2.45, 2.75) is 19.0 Å². The van der Waals surface area contributed by atoms with Crippen molar-refractivity contribution in [2.75, 3.05) is 31.1 Å². The van der Waals surface area contributed by atoms with Crippen LogP contribution in [0.5, 0.6) is 0 Å². The van der Waals surface area contributed by atoms with Crippen molar-refractivity contribution in [2.24, 2.45) is 0 Å². The zero-order chi connectivity index (χ0) is 18.8. The van der Waals surface area contributed by atoms with Gasteiger partial charge in [-0.15, -0.1) is 0 Å². The van der Waals surface area contributed by atoms with E-state index in [0.717, 1.165) is 32.7 Å². The summed E-state index contributed by atoms with van der Waals surface area (Å²) in [6.45, 7) is 4.72. The largest absolute Gasteiger partial charge is 0.322 e. The molecule has 27 heavy (non-hydrogen) atoms. The Balaban J connectivity index is 1.38. The van der Waals surface area contributed by atoms with Gasteiger partial charge in [0.2, 0.25) is 5.91 Å². The number of nitrogens with one attached hydrogen (secondary N) is 2. The first kappa shape index (κ1) is 17.8. The van der Waals surface area contributed by atoms with E-state index in [0.29, 0.717) is 5.69 Å². The van der Waals surface area contributed by atoms with E-state index in [1.165, 1.54) is 44.5 Å². The smallest absolute Gasteiger partial charge is 0.292 e. The molecule has 0 spiro atoms. The van der Waals surface area contributed by atoms with Gasteiger partial charge in [-0.3, -0.25) is 9.59 Å². The molecule has 0 aliphatic carbocycles. The molecular weight excluding hydrogens is 345 g/mol. The van der Waals surface area contributed by atoms with Crippen molar-refractivity contribution in [3.63, 3.8) is 0 Å². The van der Waals surface area contributed by atoms with Crippen molar-refractivity contribution in [3.8, 4) is 0 Å². The molecule has 0 unspecified atom stereocenters. The number of benzene rings is 2.